The minimum absolute atomic E-state index is 0.0553. The van der Waals surface area contributed by atoms with Crippen molar-refractivity contribution in [3.05, 3.63) is 59.8 Å². The molecule has 4 rings (SSSR count). The molecule has 1 aromatic heterocycles. The van der Waals surface area contributed by atoms with Gasteiger partial charge in [0.2, 0.25) is 5.88 Å². The molecule has 1 fully saturated rings. The Balaban J connectivity index is 1.48. The van der Waals surface area contributed by atoms with Crippen LogP contribution in [0.15, 0.2) is 48.5 Å². The first-order valence-electron chi connectivity index (χ1n) is 9.32. The Morgan fingerprint density at radius 2 is 2.00 bits per heavy atom. The predicted molar refractivity (Wildman–Crippen MR) is 101 cm³/mol. The lowest BCUT2D eigenvalue weighted by molar-refractivity contribution is 0.0510. The maximum atomic E-state index is 12.7. The van der Waals surface area contributed by atoms with E-state index in [0.717, 1.165) is 42.5 Å². The van der Waals surface area contributed by atoms with Gasteiger partial charge in [0, 0.05) is 12.1 Å². The van der Waals surface area contributed by atoms with Crippen LogP contribution in [0.3, 0.4) is 0 Å². The highest BCUT2D eigenvalue weighted by Gasteiger charge is 2.38. The number of hydrogen-bond donors (Lipinski definition) is 0. The lowest BCUT2D eigenvalue weighted by Gasteiger charge is -2.44. The number of rotatable bonds is 4. The van der Waals surface area contributed by atoms with Crippen molar-refractivity contribution >= 4 is 11.7 Å². The largest absolute Gasteiger partial charge is 0.480 e. The third-order valence-electron chi connectivity index (χ3n) is 5.23. The molecule has 27 heavy (non-hydrogen) atoms. The lowest BCUT2D eigenvalue weighted by Crippen LogP contribution is -2.51. The summed E-state index contributed by atoms with van der Waals surface area (Å²) in [5.74, 6) is 0.501. The second kappa shape index (κ2) is 7.78. The van der Waals surface area contributed by atoms with E-state index in [0.29, 0.717) is 12.5 Å². The van der Waals surface area contributed by atoms with Crippen LogP contribution >= 0.6 is 0 Å². The van der Waals surface area contributed by atoms with E-state index >= 15 is 0 Å². The SMILES string of the molecule is COc1ccc(C2=CC3CCCC(C2)N3C(=O)OCc2ccccc2)nn1. The summed E-state index contributed by atoms with van der Waals surface area (Å²) in [6, 6.07) is 13.7. The Labute approximate surface area is 158 Å². The van der Waals surface area contributed by atoms with Gasteiger partial charge in [-0.15, -0.1) is 10.2 Å². The Hall–Kier alpha value is -2.89. The van der Waals surface area contributed by atoms with Gasteiger partial charge in [0.25, 0.3) is 0 Å². The highest BCUT2D eigenvalue weighted by atomic mass is 16.6. The predicted octanol–water partition coefficient (Wildman–Crippen LogP) is 3.83. The third kappa shape index (κ3) is 3.79. The number of nitrogens with zero attached hydrogens (tertiary/aromatic N) is 3. The van der Waals surface area contributed by atoms with Gasteiger partial charge in [0.15, 0.2) is 0 Å². The summed E-state index contributed by atoms with van der Waals surface area (Å²) in [6.07, 6.45) is 5.75. The zero-order valence-electron chi connectivity index (χ0n) is 15.4. The maximum Gasteiger partial charge on any atom is 0.410 e. The summed E-state index contributed by atoms with van der Waals surface area (Å²) in [5.41, 5.74) is 3.00. The Morgan fingerprint density at radius 1 is 1.15 bits per heavy atom. The number of hydrogen-bond acceptors (Lipinski definition) is 5. The zero-order valence-corrected chi connectivity index (χ0v) is 15.4. The molecule has 3 heterocycles. The van der Waals surface area contributed by atoms with Gasteiger partial charge in [-0.3, -0.25) is 4.90 Å². The van der Waals surface area contributed by atoms with Crippen LogP contribution in [0.1, 0.15) is 36.9 Å². The summed E-state index contributed by atoms with van der Waals surface area (Å²) in [7, 11) is 1.58. The van der Waals surface area contributed by atoms with Crippen molar-refractivity contribution in [2.75, 3.05) is 7.11 Å². The monoisotopic (exact) mass is 365 g/mol. The summed E-state index contributed by atoms with van der Waals surface area (Å²) in [4.78, 5) is 14.7. The van der Waals surface area contributed by atoms with Crippen molar-refractivity contribution in [1.29, 1.82) is 0 Å². The van der Waals surface area contributed by atoms with Crippen molar-refractivity contribution in [2.45, 2.75) is 44.4 Å². The van der Waals surface area contributed by atoms with E-state index < -0.39 is 0 Å². The van der Waals surface area contributed by atoms with Gasteiger partial charge in [0.1, 0.15) is 6.61 Å². The number of benzene rings is 1. The van der Waals surface area contributed by atoms with E-state index in [-0.39, 0.29) is 18.2 Å². The maximum absolute atomic E-state index is 12.7. The number of carbonyl (C=O) groups is 1. The van der Waals surface area contributed by atoms with Gasteiger partial charge >= 0.3 is 6.09 Å². The number of aromatic nitrogens is 2. The Kier molecular flexibility index (Phi) is 5.05. The number of fused-ring (bicyclic) bond motifs is 2. The number of piperidine rings is 1. The van der Waals surface area contributed by atoms with Crippen molar-refractivity contribution in [3.8, 4) is 5.88 Å². The molecule has 0 saturated carbocycles. The molecule has 1 aromatic carbocycles. The molecule has 0 aliphatic carbocycles. The quantitative estimate of drug-likeness (QED) is 0.824. The standard InChI is InChI=1S/C21H23N3O3/c1-26-20-11-10-19(22-23-20)16-12-17-8-5-9-18(13-16)24(17)21(25)27-14-15-6-3-2-4-7-15/h2-4,6-7,10-12,17-18H,5,8-9,13-14H2,1H3. The van der Waals surface area contributed by atoms with Crippen molar-refractivity contribution in [2.24, 2.45) is 0 Å². The molecule has 2 aliphatic rings. The number of methoxy groups -OCH3 is 1. The van der Waals surface area contributed by atoms with E-state index in [1.54, 1.807) is 7.11 Å². The minimum atomic E-state index is -0.232. The van der Waals surface area contributed by atoms with Crippen LogP contribution in [0.2, 0.25) is 0 Å². The van der Waals surface area contributed by atoms with E-state index in [1.165, 1.54) is 0 Å². The van der Waals surface area contributed by atoms with E-state index in [2.05, 4.69) is 16.3 Å². The second-order valence-electron chi connectivity index (χ2n) is 6.96. The topological polar surface area (TPSA) is 64.5 Å². The van der Waals surface area contributed by atoms with Crippen molar-refractivity contribution in [3.63, 3.8) is 0 Å². The van der Waals surface area contributed by atoms with Gasteiger partial charge in [-0.2, -0.15) is 0 Å². The molecule has 140 valence electrons. The van der Waals surface area contributed by atoms with Crippen LogP contribution in [0, 0.1) is 0 Å². The van der Waals surface area contributed by atoms with Gasteiger partial charge < -0.3 is 9.47 Å². The van der Waals surface area contributed by atoms with Crippen LogP contribution in [0.5, 0.6) is 5.88 Å². The fraction of sp³-hybridized carbons (Fsp3) is 0.381. The van der Waals surface area contributed by atoms with Crippen LogP contribution in [0.25, 0.3) is 5.57 Å². The summed E-state index contributed by atoms with van der Waals surface area (Å²) < 4.78 is 10.7. The average molecular weight is 365 g/mol. The first kappa shape index (κ1) is 17.5. The highest BCUT2D eigenvalue weighted by molar-refractivity contribution is 5.73. The molecule has 2 bridgehead atoms. The van der Waals surface area contributed by atoms with Crippen molar-refractivity contribution in [1.82, 2.24) is 15.1 Å². The molecular weight excluding hydrogens is 342 g/mol. The fourth-order valence-corrected chi connectivity index (χ4v) is 3.90. The Morgan fingerprint density at radius 3 is 2.70 bits per heavy atom. The molecule has 1 amide bonds. The second-order valence-corrected chi connectivity index (χ2v) is 6.96. The van der Waals surface area contributed by atoms with Crippen LogP contribution in [-0.4, -0.2) is 40.4 Å². The summed E-state index contributed by atoms with van der Waals surface area (Å²) in [6.45, 7) is 0.302. The highest BCUT2D eigenvalue weighted by Crippen LogP contribution is 2.37. The number of carbonyl (C=O) groups excluding carboxylic acids is 1. The number of ether oxygens (including phenoxy) is 2. The molecular formula is C21H23N3O3. The van der Waals surface area contributed by atoms with Gasteiger partial charge in [0.05, 0.1) is 18.8 Å². The summed E-state index contributed by atoms with van der Waals surface area (Å²) in [5, 5.41) is 8.33. The van der Waals surface area contributed by atoms with E-state index in [1.807, 2.05) is 47.4 Å². The average Bonchev–Trinajstić information content (AvgIpc) is 2.72. The normalized spacial score (nSPS) is 21.4. The molecule has 0 spiro atoms. The first-order chi connectivity index (χ1) is 13.2. The van der Waals surface area contributed by atoms with Gasteiger partial charge in [-0.25, -0.2) is 4.79 Å². The summed E-state index contributed by atoms with van der Waals surface area (Å²) >= 11 is 0. The fourth-order valence-electron chi connectivity index (χ4n) is 3.90. The van der Waals surface area contributed by atoms with Crippen LogP contribution in [-0.2, 0) is 11.3 Å². The Bertz CT molecular complexity index is 820. The molecule has 2 atom stereocenters. The van der Waals surface area contributed by atoms with Crippen molar-refractivity contribution < 1.29 is 14.3 Å². The molecule has 2 unspecified atom stereocenters. The third-order valence-corrected chi connectivity index (χ3v) is 5.23. The minimum Gasteiger partial charge on any atom is -0.480 e. The van der Waals surface area contributed by atoms with Gasteiger partial charge in [-0.05, 0) is 42.9 Å². The molecule has 6 heteroatoms. The molecule has 2 aliphatic heterocycles. The lowest BCUT2D eigenvalue weighted by atomic mass is 9.84. The van der Waals surface area contributed by atoms with Gasteiger partial charge in [-0.1, -0.05) is 36.4 Å². The van der Waals surface area contributed by atoms with E-state index in [9.17, 15) is 4.79 Å². The molecule has 1 saturated heterocycles. The van der Waals surface area contributed by atoms with Crippen LogP contribution in [0.4, 0.5) is 4.79 Å². The first-order valence-corrected chi connectivity index (χ1v) is 9.32. The number of amides is 1. The molecule has 0 radical (unpaired) electrons. The van der Waals surface area contributed by atoms with Crippen LogP contribution < -0.4 is 4.74 Å². The molecule has 6 nitrogen and oxygen atoms in total. The van der Waals surface area contributed by atoms with E-state index in [4.69, 9.17) is 9.47 Å². The smallest absolute Gasteiger partial charge is 0.410 e. The molecule has 2 aromatic rings. The zero-order chi connectivity index (χ0) is 18.6. The molecule has 0 N–H and O–H groups in total.